The Bertz CT molecular complexity index is 1410. The molecule has 0 unspecified atom stereocenters. The monoisotopic (exact) mass is 475 g/mol. The number of carbonyl (C=O) groups excluding carboxylic acids is 1. The molecule has 1 fully saturated rings. The van der Waals surface area contributed by atoms with Crippen molar-refractivity contribution < 1.29 is 14.3 Å². The minimum absolute atomic E-state index is 0.211. The van der Waals surface area contributed by atoms with Gasteiger partial charge in [-0.15, -0.1) is 0 Å². The van der Waals surface area contributed by atoms with Crippen molar-refractivity contribution in [2.24, 2.45) is 0 Å². The van der Waals surface area contributed by atoms with Gasteiger partial charge in [0, 0.05) is 60.9 Å². The number of anilines is 2. The van der Waals surface area contributed by atoms with Crippen LogP contribution in [0.15, 0.2) is 36.8 Å². The number of fused-ring (bicyclic) bond motifs is 2. The molecule has 4 aromatic rings. The molecule has 1 aromatic carbocycles. The number of ether oxygens (including phenoxy) is 2. The zero-order valence-corrected chi connectivity index (χ0v) is 20.5. The Morgan fingerprint density at radius 1 is 1.11 bits per heavy atom. The van der Waals surface area contributed by atoms with Crippen LogP contribution in [0.4, 0.5) is 11.4 Å². The van der Waals surface area contributed by atoms with Gasteiger partial charge in [-0.05, 0) is 32.9 Å². The summed E-state index contributed by atoms with van der Waals surface area (Å²) in [4.78, 5) is 29.1. The van der Waals surface area contributed by atoms with Crippen molar-refractivity contribution in [3.8, 4) is 11.8 Å². The van der Waals surface area contributed by atoms with Gasteiger partial charge in [-0.2, -0.15) is 4.98 Å². The van der Waals surface area contributed by atoms with Gasteiger partial charge >= 0.3 is 6.01 Å². The highest BCUT2D eigenvalue weighted by atomic mass is 16.5. The van der Waals surface area contributed by atoms with Crippen LogP contribution < -0.4 is 25.0 Å². The summed E-state index contributed by atoms with van der Waals surface area (Å²) in [6.07, 6.45) is 5.42. The molecular weight excluding hydrogens is 446 g/mol. The molecule has 1 aliphatic rings. The number of hydrogen-bond donors (Lipinski definition) is 2. The summed E-state index contributed by atoms with van der Waals surface area (Å²) in [5.41, 5.74) is 4.10. The molecule has 10 heteroatoms. The van der Waals surface area contributed by atoms with Crippen LogP contribution in [0.5, 0.6) is 11.8 Å². The summed E-state index contributed by atoms with van der Waals surface area (Å²) in [5.74, 6) is 0.282. The average molecular weight is 476 g/mol. The topological polar surface area (TPSA) is 106 Å². The number of nitrogens with one attached hydrogen (secondary N) is 2. The van der Waals surface area contributed by atoms with E-state index in [1.54, 1.807) is 19.4 Å². The molecule has 182 valence electrons. The zero-order valence-electron chi connectivity index (χ0n) is 20.5. The van der Waals surface area contributed by atoms with E-state index in [1.807, 2.05) is 35.9 Å². The van der Waals surface area contributed by atoms with E-state index in [-0.39, 0.29) is 11.9 Å². The SMILES string of the molecule is COc1ncc2c(N3C[C@@H](C)N[C@@H](C)C3)ccc(C(=O)Nc3cc(OC)c4nc(C)cn4c3)c2n1. The van der Waals surface area contributed by atoms with Crippen molar-refractivity contribution in [1.29, 1.82) is 0 Å². The number of amides is 1. The van der Waals surface area contributed by atoms with Crippen LogP contribution in [0.2, 0.25) is 0 Å². The Hall–Kier alpha value is -3.92. The first-order valence-electron chi connectivity index (χ1n) is 11.6. The fraction of sp³-hybridized carbons (Fsp3) is 0.360. The predicted octanol–water partition coefficient (Wildman–Crippen LogP) is 3.04. The minimum Gasteiger partial charge on any atom is -0.493 e. The quantitative estimate of drug-likeness (QED) is 0.454. The van der Waals surface area contributed by atoms with Crippen LogP contribution in [0.3, 0.4) is 0 Å². The first-order chi connectivity index (χ1) is 16.9. The maximum absolute atomic E-state index is 13.5. The molecule has 0 spiro atoms. The summed E-state index contributed by atoms with van der Waals surface area (Å²) in [6.45, 7) is 7.94. The molecule has 10 nitrogen and oxygen atoms in total. The van der Waals surface area contributed by atoms with Crippen LogP contribution >= 0.6 is 0 Å². The minimum atomic E-state index is -0.289. The third-order valence-electron chi connectivity index (χ3n) is 6.15. The Morgan fingerprint density at radius 3 is 2.60 bits per heavy atom. The molecule has 0 aliphatic carbocycles. The Morgan fingerprint density at radius 2 is 1.89 bits per heavy atom. The van der Waals surface area contributed by atoms with Crippen molar-refractivity contribution >= 4 is 33.8 Å². The molecule has 3 aromatic heterocycles. The number of piperazine rings is 1. The van der Waals surface area contributed by atoms with Crippen LogP contribution in [-0.4, -0.2) is 64.7 Å². The van der Waals surface area contributed by atoms with Gasteiger partial charge in [0.2, 0.25) is 0 Å². The number of hydrogen-bond acceptors (Lipinski definition) is 8. The summed E-state index contributed by atoms with van der Waals surface area (Å²) < 4.78 is 12.6. The number of nitrogens with zero attached hydrogens (tertiary/aromatic N) is 5. The number of aromatic nitrogens is 4. The van der Waals surface area contributed by atoms with Gasteiger partial charge in [0.05, 0.1) is 36.7 Å². The van der Waals surface area contributed by atoms with Gasteiger partial charge in [-0.25, -0.2) is 9.97 Å². The van der Waals surface area contributed by atoms with Gasteiger partial charge in [0.1, 0.15) is 0 Å². The molecule has 1 amide bonds. The number of aryl methyl sites for hydroxylation is 1. The molecule has 2 atom stereocenters. The smallest absolute Gasteiger partial charge is 0.316 e. The van der Waals surface area contributed by atoms with Crippen molar-refractivity contribution in [3.05, 3.63) is 48.0 Å². The molecular formula is C25H29N7O3. The molecule has 0 saturated carbocycles. The van der Waals surface area contributed by atoms with Crippen molar-refractivity contribution in [2.45, 2.75) is 32.9 Å². The summed E-state index contributed by atoms with van der Waals surface area (Å²) in [6, 6.07) is 6.44. The number of imidazole rings is 1. The number of methoxy groups -OCH3 is 2. The van der Waals surface area contributed by atoms with Gasteiger partial charge in [0.15, 0.2) is 11.4 Å². The molecule has 35 heavy (non-hydrogen) atoms. The van der Waals surface area contributed by atoms with Crippen molar-refractivity contribution in [1.82, 2.24) is 24.7 Å². The molecule has 0 radical (unpaired) electrons. The van der Waals surface area contributed by atoms with E-state index in [2.05, 4.69) is 44.3 Å². The highest BCUT2D eigenvalue weighted by Gasteiger charge is 2.25. The summed E-state index contributed by atoms with van der Waals surface area (Å²) in [5, 5.41) is 7.34. The van der Waals surface area contributed by atoms with E-state index in [9.17, 15) is 4.79 Å². The second-order valence-corrected chi connectivity index (χ2v) is 8.99. The lowest BCUT2D eigenvalue weighted by Gasteiger charge is -2.38. The molecule has 0 bridgehead atoms. The van der Waals surface area contributed by atoms with E-state index in [4.69, 9.17) is 9.47 Å². The van der Waals surface area contributed by atoms with Crippen LogP contribution in [-0.2, 0) is 0 Å². The molecule has 4 heterocycles. The lowest BCUT2D eigenvalue weighted by molar-refractivity contribution is 0.102. The van der Waals surface area contributed by atoms with Crippen LogP contribution in [0.1, 0.15) is 29.9 Å². The molecule has 2 N–H and O–H groups in total. The second kappa shape index (κ2) is 9.03. The maximum Gasteiger partial charge on any atom is 0.316 e. The third kappa shape index (κ3) is 4.32. The van der Waals surface area contributed by atoms with Gasteiger partial charge in [-0.1, -0.05) is 0 Å². The number of carbonyl (C=O) groups is 1. The standard InChI is InChI=1S/C25H29N7O3/c1-14-10-31(11-15(2)27-14)20-7-6-18(22-19(20)9-26-25(30-22)35-5)24(33)29-17-8-21(34-4)23-28-16(3)12-32(23)13-17/h6-9,12-15,27H,10-11H2,1-5H3,(H,29,33)/t14-,15+. The summed E-state index contributed by atoms with van der Waals surface area (Å²) >= 11 is 0. The highest BCUT2D eigenvalue weighted by molar-refractivity contribution is 6.14. The Labute approximate surface area is 203 Å². The number of benzene rings is 1. The molecule has 5 rings (SSSR count). The van der Waals surface area contributed by atoms with E-state index in [0.717, 1.165) is 29.9 Å². The normalized spacial score (nSPS) is 18.1. The number of pyridine rings is 1. The van der Waals surface area contributed by atoms with Crippen molar-refractivity contribution in [2.75, 3.05) is 37.5 Å². The molecule has 1 saturated heterocycles. The lowest BCUT2D eigenvalue weighted by atomic mass is 10.0. The third-order valence-corrected chi connectivity index (χ3v) is 6.15. The lowest BCUT2D eigenvalue weighted by Crippen LogP contribution is -2.54. The van der Waals surface area contributed by atoms with Gasteiger partial charge in [0.25, 0.3) is 5.91 Å². The first kappa shape index (κ1) is 22.9. The fourth-order valence-electron chi connectivity index (χ4n) is 4.78. The van der Waals surface area contributed by atoms with Gasteiger partial charge in [-0.3, -0.25) is 4.79 Å². The maximum atomic E-state index is 13.5. The van der Waals surface area contributed by atoms with Gasteiger partial charge < -0.3 is 29.4 Å². The second-order valence-electron chi connectivity index (χ2n) is 8.99. The average Bonchev–Trinajstić information content (AvgIpc) is 3.21. The first-order valence-corrected chi connectivity index (χ1v) is 11.6. The largest absolute Gasteiger partial charge is 0.493 e. The highest BCUT2D eigenvalue weighted by Crippen LogP contribution is 2.31. The Balaban J connectivity index is 1.55. The Kier molecular flexibility index (Phi) is 5.89. The van der Waals surface area contributed by atoms with Crippen LogP contribution in [0.25, 0.3) is 16.6 Å². The molecule has 1 aliphatic heterocycles. The fourth-order valence-corrected chi connectivity index (χ4v) is 4.78. The summed E-state index contributed by atoms with van der Waals surface area (Å²) in [7, 11) is 3.09. The van der Waals surface area contributed by atoms with E-state index in [1.165, 1.54) is 7.11 Å². The van der Waals surface area contributed by atoms with E-state index in [0.29, 0.717) is 40.2 Å². The zero-order chi connectivity index (χ0) is 24.7. The number of rotatable bonds is 5. The van der Waals surface area contributed by atoms with E-state index < -0.39 is 0 Å². The van der Waals surface area contributed by atoms with Crippen LogP contribution in [0, 0.1) is 6.92 Å². The van der Waals surface area contributed by atoms with Crippen molar-refractivity contribution in [3.63, 3.8) is 0 Å². The van der Waals surface area contributed by atoms with E-state index >= 15 is 0 Å². The predicted molar refractivity (Wildman–Crippen MR) is 135 cm³/mol.